The Bertz CT molecular complexity index is 555. The number of hydrogen-bond acceptors (Lipinski definition) is 4. The number of anilines is 1. The van der Waals surface area contributed by atoms with Gasteiger partial charge in [-0.3, -0.25) is 10.6 Å². The molecule has 0 aliphatic carbocycles. The molecule has 17 heavy (non-hydrogen) atoms. The lowest BCUT2D eigenvalue weighted by Crippen LogP contribution is -2.47. The molecule has 1 heterocycles. The monoisotopic (exact) mass is 231 g/mol. The summed E-state index contributed by atoms with van der Waals surface area (Å²) < 4.78 is 1.13. The smallest absolute Gasteiger partial charge is 0.392 e. The van der Waals surface area contributed by atoms with Gasteiger partial charge in [-0.25, -0.2) is 4.79 Å². The van der Waals surface area contributed by atoms with Crippen LogP contribution in [-0.2, 0) is 0 Å². The number of aromatic hydroxyl groups is 1. The Morgan fingerprint density at radius 2 is 1.88 bits per heavy atom. The van der Waals surface area contributed by atoms with E-state index in [0.29, 0.717) is 0 Å². The van der Waals surface area contributed by atoms with Crippen molar-refractivity contribution in [3.63, 3.8) is 0 Å². The lowest BCUT2D eigenvalue weighted by Gasteiger charge is -2.03. The molecule has 0 radical (unpaired) electrons. The Kier molecular flexibility index (Phi) is 2.91. The molecule has 2 rings (SSSR count). The second kappa shape index (κ2) is 4.52. The first-order valence-electron chi connectivity index (χ1n) is 4.95. The first-order chi connectivity index (χ1) is 8.18. The number of nitrogens with two attached hydrogens (primary N) is 1. The second-order valence-electron chi connectivity index (χ2n) is 3.35. The Labute approximate surface area is 97.6 Å². The second-order valence-corrected chi connectivity index (χ2v) is 3.35. The van der Waals surface area contributed by atoms with E-state index in [4.69, 9.17) is 10.6 Å². The molecule has 0 aliphatic heterocycles. The van der Waals surface area contributed by atoms with Gasteiger partial charge in [0.1, 0.15) is 17.5 Å². The van der Waals surface area contributed by atoms with Gasteiger partial charge in [0.2, 0.25) is 0 Å². The molecule has 0 atom stereocenters. The molecule has 3 N–H and O–H groups in total. The Morgan fingerprint density at radius 1 is 1.18 bits per heavy atom. The molecule has 1 aromatic carbocycles. The number of carbonyl (C=O) groups excluding carboxylic acids is 1. The normalized spacial score (nSPS) is 9.88. The number of phenols is 1. The quantitative estimate of drug-likeness (QED) is 0.739. The van der Waals surface area contributed by atoms with Crippen molar-refractivity contribution < 1.29 is 19.5 Å². The van der Waals surface area contributed by atoms with E-state index in [0.717, 1.165) is 4.73 Å². The Hall–Kier alpha value is -2.56. The molecule has 0 aliphatic rings. The number of para-hydroxylation sites is 1. The molecular weight excluding hydrogens is 220 g/mol. The third-order valence-corrected chi connectivity index (χ3v) is 2.16. The number of nitrogen functional groups attached to an aromatic ring is 1. The van der Waals surface area contributed by atoms with Crippen LogP contribution in [0.4, 0.5) is 5.82 Å². The Morgan fingerprint density at radius 3 is 2.59 bits per heavy atom. The maximum Gasteiger partial charge on any atom is 0.392 e. The summed E-state index contributed by atoms with van der Waals surface area (Å²) in [7, 11) is 0. The summed E-state index contributed by atoms with van der Waals surface area (Å²) in [6, 6.07) is 11.1. The first kappa shape index (κ1) is 10.9. The molecule has 0 saturated heterocycles. The number of hydrogen-bond donors (Lipinski definition) is 2. The van der Waals surface area contributed by atoms with Crippen molar-refractivity contribution in [1.29, 1.82) is 0 Å². The van der Waals surface area contributed by atoms with Crippen LogP contribution >= 0.6 is 0 Å². The summed E-state index contributed by atoms with van der Waals surface area (Å²) in [5, 5.41) is 9.49. The molecule has 0 spiro atoms. The van der Waals surface area contributed by atoms with Crippen molar-refractivity contribution in [2.45, 2.75) is 0 Å². The first-order valence-corrected chi connectivity index (χ1v) is 4.95. The van der Waals surface area contributed by atoms with Crippen molar-refractivity contribution in [3.05, 3.63) is 54.2 Å². The highest BCUT2D eigenvalue weighted by Crippen LogP contribution is 2.15. The number of aromatic nitrogens is 1. The molecule has 0 unspecified atom stereocenters. The van der Waals surface area contributed by atoms with Crippen LogP contribution in [-0.4, -0.2) is 11.1 Å². The average molecular weight is 231 g/mol. The van der Waals surface area contributed by atoms with Gasteiger partial charge in [-0.15, -0.1) is 0 Å². The summed E-state index contributed by atoms with van der Waals surface area (Å²) in [6.45, 7) is 0. The summed E-state index contributed by atoms with van der Waals surface area (Å²) in [5.74, 6) is -0.519. The van der Waals surface area contributed by atoms with Crippen LogP contribution in [0.25, 0.3) is 0 Å². The molecule has 5 heteroatoms. The maximum absolute atomic E-state index is 11.7. The molecular formula is C12H11N2O3+. The average Bonchev–Trinajstić information content (AvgIpc) is 2.32. The van der Waals surface area contributed by atoms with Gasteiger partial charge in [0.15, 0.2) is 0 Å². The minimum atomic E-state index is -0.675. The number of pyridine rings is 1. The summed E-state index contributed by atoms with van der Waals surface area (Å²) in [6.07, 6.45) is 1.51. The van der Waals surface area contributed by atoms with Gasteiger partial charge in [-0.2, -0.15) is 0 Å². The van der Waals surface area contributed by atoms with Crippen LogP contribution in [0.3, 0.4) is 0 Å². The van der Waals surface area contributed by atoms with Gasteiger partial charge in [-0.1, -0.05) is 18.2 Å². The van der Waals surface area contributed by atoms with E-state index in [-0.39, 0.29) is 17.1 Å². The van der Waals surface area contributed by atoms with Crippen LogP contribution in [0, 0.1) is 0 Å². The lowest BCUT2D eigenvalue weighted by molar-refractivity contribution is -0.856. The number of benzene rings is 1. The molecule has 0 bridgehead atoms. The van der Waals surface area contributed by atoms with Gasteiger partial charge in [0.05, 0.1) is 0 Å². The van der Waals surface area contributed by atoms with E-state index < -0.39 is 5.97 Å². The fourth-order valence-corrected chi connectivity index (χ4v) is 1.31. The number of rotatable bonds is 2. The van der Waals surface area contributed by atoms with E-state index in [1.807, 2.05) is 0 Å². The predicted molar refractivity (Wildman–Crippen MR) is 60.1 cm³/mol. The van der Waals surface area contributed by atoms with Crippen LogP contribution in [0.2, 0.25) is 0 Å². The van der Waals surface area contributed by atoms with Crippen molar-refractivity contribution in [3.8, 4) is 5.75 Å². The predicted octanol–water partition coefficient (Wildman–Crippen LogP) is 0.531. The van der Waals surface area contributed by atoms with E-state index in [9.17, 15) is 9.90 Å². The fourth-order valence-electron chi connectivity index (χ4n) is 1.31. The Balaban J connectivity index is 2.24. The summed E-state index contributed by atoms with van der Waals surface area (Å²) in [4.78, 5) is 16.7. The van der Waals surface area contributed by atoms with Crippen molar-refractivity contribution >= 4 is 11.8 Å². The number of carbonyl (C=O) groups is 1. The zero-order chi connectivity index (χ0) is 12.3. The lowest BCUT2D eigenvalue weighted by atomic mass is 10.2. The van der Waals surface area contributed by atoms with Crippen molar-refractivity contribution in [2.75, 3.05) is 5.73 Å². The van der Waals surface area contributed by atoms with Crippen LogP contribution in [0.1, 0.15) is 10.4 Å². The van der Waals surface area contributed by atoms with Gasteiger partial charge in [0.25, 0.3) is 0 Å². The summed E-state index contributed by atoms with van der Waals surface area (Å²) in [5.41, 5.74) is 5.69. The van der Waals surface area contributed by atoms with E-state index in [1.165, 1.54) is 18.3 Å². The highest BCUT2D eigenvalue weighted by atomic mass is 16.7. The van der Waals surface area contributed by atoms with Crippen molar-refractivity contribution in [2.24, 2.45) is 0 Å². The standard InChI is InChI=1S/C12H10N2O3/c13-11-7-3-4-8-14(11)17-12(16)9-5-1-2-6-10(9)15/h1-8,13H,(H,15,16)/p+1. The minimum Gasteiger partial charge on any atom is -0.507 e. The highest BCUT2D eigenvalue weighted by Gasteiger charge is 2.16. The summed E-state index contributed by atoms with van der Waals surface area (Å²) >= 11 is 0. The van der Waals surface area contributed by atoms with Gasteiger partial charge >= 0.3 is 11.8 Å². The maximum atomic E-state index is 11.7. The van der Waals surface area contributed by atoms with Gasteiger partial charge < -0.3 is 5.11 Å². The third kappa shape index (κ3) is 2.34. The molecule has 1 aromatic heterocycles. The van der Waals surface area contributed by atoms with Gasteiger partial charge in [-0.05, 0) is 22.9 Å². The molecule has 5 nitrogen and oxygen atoms in total. The SMILES string of the molecule is Nc1cccc[n+]1OC(=O)c1ccccc1O. The molecule has 0 fully saturated rings. The fraction of sp³-hybridized carbons (Fsp3) is 0. The van der Waals surface area contributed by atoms with E-state index >= 15 is 0 Å². The van der Waals surface area contributed by atoms with Crippen LogP contribution < -0.4 is 15.3 Å². The van der Waals surface area contributed by atoms with E-state index in [1.54, 1.807) is 30.3 Å². The van der Waals surface area contributed by atoms with Crippen molar-refractivity contribution in [1.82, 2.24) is 0 Å². The molecule has 2 aromatic rings. The molecule has 0 saturated carbocycles. The van der Waals surface area contributed by atoms with Crippen LogP contribution in [0.15, 0.2) is 48.7 Å². The molecule has 0 amide bonds. The van der Waals surface area contributed by atoms with E-state index in [2.05, 4.69) is 0 Å². The van der Waals surface area contributed by atoms with Gasteiger partial charge in [0, 0.05) is 6.07 Å². The highest BCUT2D eigenvalue weighted by molar-refractivity contribution is 5.92. The zero-order valence-corrected chi connectivity index (χ0v) is 8.91. The third-order valence-electron chi connectivity index (χ3n) is 2.16. The number of nitrogens with zero attached hydrogens (tertiary/aromatic N) is 1. The topological polar surface area (TPSA) is 76.4 Å². The molecule has 86 valence electrons. The van der Waals surface area contributed by atoms with Crippen LogP contribution in [0.5, 0.6) is 5.75 Å². The zero-order valence-electron chi connectivity index (χ0n) is 8.91. The minimum absolute atomic E-state index is 0.0863. The largest absolute Gasteiger partial charge is 0.507 e. The number of phenolic OH excluding ortho intramolecular Hbond substituents is 1.